The van der Waals surface area contributed by atoms with Gasteiger partial charge in [-0.1, -0.05) is 19.8 Å². The van der Waals surface area contributed by atoms with Crippen molar-refractivity contribution in [1.82, 2.24) is 4.90 Å². The summed E-state index contributed by atoms with van der Waals surface area (Å²) in [6, 6.07) is 4.18. The number of unbranched alkanes of at least 4 members (excludes halogenated alkanes) is 1. The van der Waals surface area contributed by atoms with Gasteiger partial charge < -0.3 is 15.6 Å². The molecule has 3 N–H and O–H groups in total. The second-order valence-electron chi connectivity index (χ2n) is 6.60. The molecule has 1 aliphatic rings. The highest BCUT2D eigenvalue weighted by atomic mass is 79.9. The molecule has 0 bridgehead atoms. The van der Waals surface area contributed by atoms with Crippen LogP contribution in [0.15, 0.2) is 16.6 Å². The van der Waals surface area contributed by atoms with E-state index in [0.29, 0.717) is 36.7 Å². The Morgan fingerprint density at radius 3 is 2.72 bits per heavy atom. The van der Waals surface area contributed by atoms with E-state index in [0.717, 1.165) is 23.1 Å². The van der Waals surface area contributed by atoms with Gasteiger partial charge in [-0.3, -0.25) is 4.90 Å². The van der Waals surface area contributed by atoms with Crippen molar-refractivity contribution >= 4 is 27.6 Å². The largest absolute Gasteiger partial charge is 0.462 e. The zero-order valence-corrected chi connectivity index (χ0v) is 16.6. The van der Waals surface area contributed by atoms with Gasteiger partial charge in [-0.2, -0.15) is 0 Å². The molecule has 0 unspecified atom stereocenters. The molecule has 1 saturated carbocycles. The van der Waals surface area contributed by atoms with Gasteiger partial charge in [0.1, 0.15) is 0 Å². The number of carbonyl (C=O) groups excluding carboxylic acids is 1. The molecule has 6 heteroatoms. The van der Waals surface area contributed by atoms with E-state index in [-0.39, 0.29) is 12.6 Å². The van der Waals surface area contributed by atoms with Crippen LogP contribution in [0.2, 0.25) is 0 Å². The zero-order valence-electron chi connectivity index (χ0n) is 15.0. The summed E-state index contributed by atoms with van der Waals surface area (Å²) in [6.45, 7) is 4.32. The molecule has 1 aromatic carbocycles. The van der Waals surface area contributed by atoms with Crippen LogP contribution >= 0.6 is 15.9 Å². The Morgan fingerprint density at radius 1 is 1.36 bits per heavy atom. The molecule has 0 aromatic heterocycles. The summed E-state index contributed by atoms with van der Waals surface area (Å²) in [4.78, 5) is 14.7. The number of nitrogen functional groups attached to an aromatic ring is 1. The number of nitrogens with two attached hydrogens (primary N) is 1. The van der Waals surface area contributed by atoms with Crippen LogP contribution in [0.1, 0.15) is 61.4 Å². The number of carbonyl (C=O) groups is 1. The van der Waals surface area contributed by atoms with Crippen molar-refractivity contribution in [2.75, 3.05) is 25.5 Å². The molecule has 0 atom stereocenters. The van der Waals surface area contributed by atoms with Crippen molar-refractivity contribution < 1.29 is 14.6 Å². The van der Waals surface area contributed by atoms with Gasteiger partial charge >= 0.3 is 5.97 Å². The lowest BCUT2D eigenvalue weighted by Gasteiger charge is -2.28. The topological polar surface area (TPSA) is 75.8 Å². The minimum atomic E-state index is -0.344. The molecule has 5 nitrogen and oxygen atoms in total. The Morgan fingerprint density at radius 2 is 2.08 bits per heavy atom. The fraction of sp³-hybridized carbons (Fsp3) is 0.632. The highest BCUT2D eigenvalue weighted by molar-refractivity contribution is 9.10. The number of anilines is 1. The number of rotatable bonds is 9. The van der Waals surface area contributed by atoms with Crippen molar-refractivity contribution in [1.29, 1.82) is 0 Å². The Hall–Kier alpha value is -1.11. The van der Waals surface area contributed by atoms with Gasteiger partial charge in [-0.15, -0.1) is 0 Å². The summed E-state index contributed by atoms with van der Waals surface area (Å²) in [5, 5.41) is 8.78. The van der Waals surface area contributed by atoms with Crippen molar-refractivity contribution in [3.63, 3.8) is 0 Å². The van der Waals surface area contributed by atoms with E-state index in [9.17, 15) is 4.79 Å². The maximum absolute atomic E-state index is 12.3. The van der Waals surface area contributed by atoms with E-state index < -0.39 is 0 Å². The summed E-state index contributed by atoms with van der Waals surface area (Å²) >= 11 is 3.47. The fourth-order valence-corrected chi connectivity index (χ4v) is 3.87. The number of esters is 1. The molecule has 0 amide bonds. The van der Waals surface area contributed by atoms with Crippen LogP contribution < -0.4 is 5.73 Å². The van der Waals surface area contributed by atoms with E-state index in [1.165, 1.54) is 25.7 Å². The van der Waals surface area contributed by atoms with Gasteiger partial charge in [0.05, 0.1) is 17.9 Å². The fourth-order valence-electron chi connectivity index (χ4n) is 3.37. The number of aliphatic hydroxyl groups excluding tert-OH is 1. The number of halogens is 1. The Labute approximate surface area is 158 Å². The smallest absolute Gasteiger partial charge is 0.338 e. The molecule has 0 saturated heterocycles. The monoisotopic (exact) mass is 412 g/mol. The molecule has 0 radical (unpaired) electrons. The number of aliphatic hydroxyl groups is 1. The van der Waals surface area contributed by atoms with Crippen molar-refractivity contribution in [2.24, 2.45) is 0 Å². The molecular weight excluding hydrogens is 384 g/mol. The normalized spacial score (nSPS) is 15.0. The standard InChI is InChI=1S/C19H29BrN2O3/c1-2-22(16-7-3-4-8-16)13-15-11-14(12-17(20)18(15)21)19(24)25-10-6-5-9-23/h11-12,16,23H,2-10,13,21H2,1H3. The molecular formula is C19H29BrN2O3. The second kappa shape index (κ2) is 10.1. The lowest BCUT2D eigenvalue weighted by molar-refractivity contribution is 0.0492. The average molecular weight is 413 g/mol. The molecule has 1 aromatic rings. The van der Waals surface area contributed by atoms with Crippen LogP contribution in [0.4, 0.5) is 5.69 Å². The summed E-state index contributed by atoms with van der Waals surface area (Å²) in [5.41, 5.74) is 8.41. The van der Waals surface area contributed by atoms with Gasteiger partial charge in [0.25, 0.3) is 0 Å². The molecule has 140 valence electrons. The molecule has 1 fully saturated rings. The third-order valence-electron chi connectivity index (χ3n) is 4.86. The van der Waals surface area contributed by atoms with E-state index >= 15 is 0 Å². The van der Waals surface area contributed by atoms with E-state index in [4.69, 9.17) is 15.6 Å². The number of nitrogens with zero attached hydrogens (tertiary/aromatic N) is 1. The highest BCUT2D eigenvalue weighted by Crippen LogP contribution is 2.30. The van der Waals surface area contributed by atoms with Crippen molar-refractivity contribution in [3.8, 4) is 0 Å². The maximum Gasteiger partial charge on any atom is 0.338 e. The van der Waals surface area contributed by atoms with Crippen LogP contribution in [0, 0.1) is 0 Å². The van der Waals surface area contributed by atoms with Gasteiger partial charge in [-0.25, -0.2) is 4.79 Å². The van der Waals surface area contributed by atoms with E-state index in [1.807, 2.05) is 6.07 Å². The first-order valence-electron chi connectivity index (χ1n) is 9.16. The number of hydrogen-bond acceptors (Lipinski definition) is 5. The summed E-state index contributed by atoms with van der Waals surface area (Å²) in [5.74, 6) is -0.344. The van der Waals surface area contributed by atoms with Gasteiger partial charge in [0.2, 0.25) is 0 Å². The molecule has 0 heterocycles. The molecule has 1 aliphatic carbocycles. The van der Waals surface area contributed by atoms with Crippen molar-refractivity contribution in [3.05, 3.63) is 27.7 Å². The van der Waals surface area contributed by atoms with Crippen LogP contribution in [-0.4, -0.2) is 41.8 Å². The second-order valence-corrected chi connectivity index (χ2v) is 7.45. The van der Waals surface area contributed by atoms with Gasteiger partial charge in [0.15, 0.2) is 0 Å². The number of benzene rings is 1. The van der Waals surface area contributed by atoms with Crippen LogP contribution in [0.3, 0.4) is 0 Å². The van der Waals surface area contributed by atoms with Crippen LogP contribution in [0.25, 0.3) is 0 Å². The summed E-state index contributed by atoms with van der Waals surface area (Å²) in [7, 11) is 0. The lowest BCUT2D eigenvalue weighted by atomic mass is 10.1. The predicted molar refractivity (Wildman–Crippen MR) is 103 cm³/mol. The van der Waals surface area contributed by atoms with Gasteiger partial charge in [-0.05, 0) is 65.9 Å². The molecule has 25 heavy (non-hydrogen) atoms. The highest BCUT2D eigenvalue weighted by Gasteiger charge is 2.23. The third-order valence-corrected chi connectivity index (χ3v) is 5.51. The van der Waals surface area contributed by atoms with Crippen LogP contribution in [0.5, 0.6) is 0 Å². The summed E-state index contributed by atoms with van der Waals surface area (Å²) in [6.07, 6.45) is 6.36. The van der Waals surface area contributed by atoms with Gasteiger partial charge in [0, 0.05) is 23.7 Å². The average Bonchev–Trinajstić information content (AvgIpc) is 3.14. The van der Waals surface area contributed by atoms with E-state index in [2.05, 4.69) is 27.8 Å². The minimum Gasteiger partial charge on any atom is -0.462 e. The Bertz CT molecular complexity index is 574. The quantitative estimate of drug-likeness (QED) is 0.367. The number of ether oxygens (including phenoxy) is 1. The lowest BCUT2D eigenvalue weighted by Crippen LogP contribution is -2.32. The maximum atomic E-state index is 12.3. The summed E-state index contributed by atoms with van der Waals surface area (Å²) < 4.78 is 6.02. The van der Waals surface area contributed by atoms with Crippen LogP contribution in [-0.2, 0) is 11.3 Å². The number of hydrogen-bond donors (Lipinski definition) is 2. The first kappa shape index (κ1) is 20.2. The molecule has 0 spiro atoms. The Balaban J connectivity index is 2.09. The first-order chi connectivity index (χ1) is 12.1. The predicted octanol–water partition coefficient (Wildman–Crippen LogP) is 3.73. The SMILES string of the molecule is CCN(Cc1cc(C(=O)OCCCCO)cc(Br)c1N)C1CCCC1. The first-order valence-corrected chi connectivity index (χ1v) is 9.96. The third kappa shape index (κ3) is 5.69. The Kier molecular flexibility index (Phi) is 8.19. The molecule has 2 rings (SSSR count). The van der Waals surface area contributed by atoms with Crippen molar-refractivity contribution in [2.45, 2.75) is 58.0 Å². The zero-order chi connectivity index (χ0) is 18.2. The van der Waals surface area contributed by atoms with E-state index in [1.54, 1.807) is 6.07 Å². The molecule has 0 aliphatic heterocycles. The minimum absolute atomic E-state index is 0.114.